The van der Waals surface area contributed by atoms with Gasteiger partial charge in [0.05, 0.1) is 35.1 Å². The molecule has 0 aromatic heterocycles. The Balaban J connectivity index is 1.75. The van der Waals surface area contributed by atoms with Crippen molar-refractivity contribution in [2.75, 3.05) is 18.2 Å². The topological polar surface area (TPSA) is 108 Å². The second-order valence-electron chi connectivity index (χ2n) is 6.62. The number of carbonyl (C=O) groups excluding carboxylic acids is 3. The van der Waals surface area contributed by atoms with Crippen LogP contribution < -0.4 is 10.6 Å². The van der Waals surface area contributed by atoms with Gasteiger partial charge in [0.25, 0.3) is 0 Å². The zero-order chi connectivity index (χ0) is 22.4. The van der Waals surface area contributed by atoms with Crippen LogP contribution in [0.4, 0.5) is 5.69 Å². The van der Waals surface area contributed by atoms with Gasteiger partial charge in [-0.25, -0.2) is 4.79 Å². The number of halogens is 1. The van der Waals surface area contributed by atoms with E-state index in [2.05, 4.69) is 21.4 Å². The number of nitrogens with one attached hydrogen (secondary N) is 2. The van der Waals surface area contributed by atoms with Crippen LogP contribution in [0.5, 0.6) is 0 Å². The maximum Gasteiger partial charge on any atom is 0.337 e. The first-order valence-corrected chi connectivity index (χ1v) is 10.6. The number of ether oxygens (including phenoxy) is 1. The molecule has 0 bridgehead atoms. The van der Waals surface area contributed by atoms with Gasteiger partial charge in [-0.15, -0.1) is 0 Å². The van der Waals surface area contributed by atoms with E-state index >= 15 is 0 Å². The van der Waals surface area contributed by atoms with Crippen LogP contribution in [0.15, 0.2) is 59.1 Å². The van der Waals surface area contributed by atoms with Crippen molar-refractivity contribution in [3.05, 3.63) is 75.3 Å². The Labute approximate surface area is 188 Å². The summed E-state index contributed by atoms with van der Waals surface area (Å²) in [7, 11) is 1.30. The third-order valence-corrected chi connectivity index (χ3v) is 5.80. The fourth-order valence-corrected chi connectivity index (χ4v) is 4.16. The zero-order valence-electron chi connectivity index (χ0n) is 16.5. The third-order valence-electron chi connectivity index (χ3n) is 4.55. The largest absolute Gasteiger partial charge is 0.465 e. The Hall–Kier alpha value is -3.28. The minimum absolute atomic E-state index is 0.00129. The maximum absolute atomic E-state index is 12.3. The van der Waals surface area contributed by atoms with Gasteiger partial charge < -0.3 is 15.4 Å². The highest BCUT2D eigenvalue weighted by atomic mass is 35.5. The van der Waals surface area contributed by atoms with E-state index in [-0.39, 0.29) is 24.0 Å². The van der Waals surface area contributed by atoms with E-state index in [0.29, 0.717) is 26.9 Å². The van der Waals surface area contributed by atoms with E-state index < -0.39 is 11.9 Å². The van der Waals surface area contributed by atoms with Gasteiger partial charge in [0, 0.05) is 23.0 Å². The lowest BCUT2D eigenvalue weighted by molar-refractivity contribution is -0.121. The van der Waals surface area contributed by atoms with Gasteiger partial charge in [0.15, 0.2) is 0 Å². The number of benzene rings is 2. The van der Waals surface area contributed by atoms with E-state index in [9.17, 15) is 19.6 Å². The molecule has 0 fully saturated rings. The highest BCUT2D eigenvalue weighted by molar-refractivity contribution is 8.03. The molecule has 1 atom stereocenters. The Bertz CT molecular complexity index is 1090. The standard InChI is InChI=1S/C22H18ClN3O4S/c1-30-22(29)14-7-5-13(6-8-14)17-10-19(27)26-21(18(17)11-24)31-12-20(28)25-16-4-2-3-15(23)9-16/h2-9,17H,10,12H2,1H3,(H,25,28)(H,26,27)/t17-/m0/s1. The molecule has 1 aliphatic rings. The van der Waals surface area contributed by atoms with E-state index in [1.165, 1.54) is 7.11 Å². The monoisotopic (exact) mass is 455 g/mol. The van der Waals surface area contributed by atoms with Gasteiger partial charge in [-0.3, -0.25) is 9.59 Å². The minimum atomic E-state index is -0.469. The quantitative estimate of drug-likeness (QED) is 0.640. The van der Waals surface area contributed by atoms with Crippen LogP contribution in [0, 0.1) is 11.3 Å². The lowest BCUT2D eigenvalue weighted by atomic mass is 9.87. The summed E-state index contributed by atoms with van der Waals surface area (Å²) >= 11 is 7.00. The van der Waals surface area contributed by atoms with Gasteiger partial charge in [-0.1, -0.05) is 41.6 Å². The number of carbonyl (C=O) groups is 3. The molecule has 2 aromatic carbocycles. The maximum atomic E-state index is 12.3. The van der Waals surface area contributed by atoms with E-state index in [0.717, 1.165) is 17.3 Å². The van der Waals surface area contributed by atoms with Crippen molar-refractivity contribution >= 4 is 46.8 Å². The molecule has 0 spiro atoms. The molecule has 31 heavy (non-hydrogen) atoms. The normalized spacial score (nSPS) is 15.6. The average molecular weight is 456 g/mol. The molecule has 1 aliphatic heterocycles. The first-order chi connectivity index (χ1) is 14.9. The summed E-state index contributed by atoms with van der Waals surface area (Å²) in [5.41, 5.74) is 2.02. The van der Waals surface area contributed by atoms with Gasteiger partial charge in [0.1, 0.15) is 0 Å². The molecule has 0 radical (unpaired) electrons. The number of hydrogen-bond acceptors (Lipinski definition) is 6. The number of methoxy groups -OCH3 is 1. The summed E-state index contributed by atoms with van der Waals surface area (Å²) < 4.78 is 4.69. The molecule has 1 heterocycles. The predicted octanol–water partition coefficient (Wildman–Crippen LogP) is 3.84. The molecule has 0 saturated carbocycles. The van der Waals surface area contributed by atoms with Crippen molar-refractivity contribution in [3.63, 3.8) is 0 Å². The van der Waals surface area contributed by atoms with Gasteiger partial charge >= 0.3 is 5.97 Å². The smallest absolute Gasteiger partial charge is 0.337 e. The summed E-state index contributed by atoms with van der Waals surface area (Å²) in [5.74, 6) is -1.48. The number of anilines is 1. The Morgan fingerprint density at radius 3 is 2.68 bits per heavy atom. The number of allylic oxidation sites excluding steroid dienone is 1. The van der Waals surface area contributed by atoms with Gasteiger partial charge in [-0.2, -0.15) is 5.26 Å². The third kappa shape index (κ3) is 5.66. The first kappa shape index (κ1) is 22.4. The lowest BCUT2D eigenvalue weighted by Gasteiger charge is -2.25. The highest BCUT2D eigenvalue weighted by Gasteiger charge is 2.30. The molecule has 0 unspecified atom stereocenters. The van der Waals surface area contributed by atoms with Crippen LogP contribution >= 0.6 is 23.4 Å². The fraction of sp³-hybridized carbons (Fsp3) is 0.182. The number of esters is 1. The number of hydrogen-bond donors (Lipinski definition) is 2. The number of rotatable bonds is 6. The van der Waals surface area contributed by atoms with Crippen molar-refractivity contribution in [1.82, 2.24) is 5.32 Å². The molecule has 2 amide bonds. The highest BCUT2D eigenvalue weighted by Crippen LogP contribution is 2.36. The van der Waals surface area contributed by atoms with Crippen molar-refractivity contribution in [2.24, 2.45) is 0 Å². The lowest BCUT2D eigenvalue weighted by Crippen LogP contribution is -2.31. The van der Waals surface area contributed by atoms with E-state index in [1.54, 1.807) is 48.5 Å². The molecule has 2 aromatic rings. The molecule has 0 aliphatic carbocycles. The minimum Gasteiger partial charge on any atom is -0.465 e. The van der Waals surface area contributed by atoms with Crippen molar-refractivity contribution in [2.45, 2.75) is 12.3 Å². The van der Waals surface area contributed by atoms with Gasteiger partial charge in [0.2, 0.25) is 11.8 Å². The number of nitriles is 1. The summed E-state index contributed by atoms with van der Waals surface area (Å²) in [6.45, 7) is 0. The SMILES string of the molecule is COC(=O)c1ccc([C@@H]2CC(=O)NC(SCC(=O)Nc3cccc(Cl)c3)=C2C#N)cc1. The van der Waals surface area contributed by atoms with Crippen LogP contribution in [0.25, 0.3) is 0 Å². The summed E-state index contributed by atoms with van der Waals surface area (Å²) in [6.07, 6.45) is 0.0965. The summed E-state index contributed by atoms with van der Waals surface area (Å²) in [4.78, 5) is 36.2. The molecule has 9 heteroatoms. The number of amides is 2. The molecule has 0 saturated heterocycles. The first-order valence-electron chi connectivity index (χ1n) is 9.22. The van der Waals surface area contributed by atoms with Crippen molar-refractivity contribution in [1.29, 1.82) is 5.26 Å². The Kier molecular flexibility index (Phi) is 7.34. The van der Waals surface area contributed by atoms with E-state index in [4.69, 9.17) is 11.6 Å². The molecular formula is C22H18ClN3O4S. The van der Waals surface area contributed by atoms with Crippen molar-refractivity contribution in [3.8, 4) is 6.07 Å². The number of nitrogens with zero attached hydrogens (tertiary/aromatic N) is 1. The Morgan fingerprint density at radius 1 is 1.29 bits per heavy atom. The van der Waals surface area contributed by atoms with Crippen LogP contribution in [-0.4, -0.2) is 30.6 Å². The van der Waals surface area contributed by atoms with Crippen LogP contribution in [-0.2, 0) is 14.3 Å². The second kappa shape index (κ2) is 10.2. The Morgan fingerprint density at radius 2 is 2.03 bits per heavy atom. The molecule has 158 valence electrons. The summed E-state index contributed by atoms with van der Waals surface area (Å²) in [6, 6.07) is 15.5. The molecule has 2 N–H and O–H groups in total. The van der Waals surface area contributed by atoms with Gasteiger partial charge in [-0.05, 0) is 35.9 Å². The van der Waals surface area contributed by atoms with Crippen LogP contribution in [0.2, 0.25) is 5.02 Å². The van der Waals surface area contributed by atoms with Crippen molar-refractivity contribution < 1.29 is 19.1 Å². The van der Waals surface area contributed by atoms with E-state index in [1.807, 2.05) is 0 Å². The molecule has 7 nitrogen and oxygen atoms in total. The molecular weight excluding hydrogens is 438 g/mol. The molecule has 3 rings (SSSR count). The average Bonchev–Trinajstić information content (AvgIpc) is 2.77. The second-order valence-corrected chi connectivity index (χ2v) is 8.04. The number of thioether (sulfide) groups is 1. The van der Waals surface area contributed by atoms with Crippen LogP contribution in [0.1, 0.15) is 28.3 Å². The zero-order valence-corrected chi connectivity index (χ0v) is 18.0. The van der Waals surface area contributed by atoms with Crippen LogP contribution in [0.3, 0.4) is 0 Å². The predicted molar refractivity (Wildman–Crippen MR) is 118 cm³/mol. The summed E-state index contributed by atoms with van der Waals surface area (Å²) in [5, 5.41) is 16.0. The fourth-order valence-electron chi connectivity index (χ4n) is 3.09.